The zero-order valence-corrected chi connectivity index (χ0v) is 13.5. The van der Waals surface area contributed by atoms with Gasteiger partial charge in [0.25, 0.3) is 0 Å². The third-order valence-electron chi connectivity index (χ3n) is 3.37. The quantitative estimate of drug-likeness (QED) is 0.613. The predicted octanol–water partition coefficient (Wildman–Crippen LogP) is 4.21. The summed E-state index contributed by atoms with van der Waals surface area (Å²) in [5, 5.41) is 0. The molecule has 0 fully saturated rings. The number of rotatable bonds is 5. The van der Waals surface area contributed by atoms with Crippen molar-refractivity contribution in [1.82, 2.24) is 0 Å². The molecule has 0 saturated heterocycles. The van der Waals surface area contributed by atoms with Gasteiger partial charge in [-0.1, -0.05) is 32.0 Å². The highest BCUT2D eigenvalue weighted by Crippen LogP contribution is 2.19. The fourth-order valence-electron chi connectivity index (χ4n) is 2.07. The molecule has 4 nitrogen and oxygen atoms in total. The summed E-state index contributed by atoms with van der Waals surface area (Å²) in [5.41, 5.74) is 1.81. The third kappa shape index (κ3) is 4.42. The number of hydrogen-bond donors (Lipinski definition) is 0. The first kappa shape index (κ1) is 16.7. The van der Waals surface area contributed by atoms with Crippen LogP contribution in [0.4, 0.5) is 0 Å². The topological polar surface area (TPSA) is 52.6 Å². The Labute approximate surface area is 136 Å². The second kappa shape index (κ2) is 7.58. The van der Waals surface area contributed by atoms with Gasteiger partial charge in [-0.05, 0) is 48.7 Å². The third-order valence-corrected chi connectivity index (χ3v) is 3.37. The van der Waals surface area contributed by atoms with Crippen molar-refractivity contribution in [3.05, 3.63) is 65.2 Å². The van der Waals surface area contributed by atoms with Gasteiger partial charge >= 0.3 is 11.9 Å². The Kier molecular flexibility index (Phi) is 5.52. The highest BCUT2D eigenvalue weighted by Gasteiger charge is 2.13. The van der Waals surface area contributed by atoms with Crippen LogP contribution in [0.25, 0.3) is 0 Å². The van der Waals surface area contributed by atoms with E-state index in [0.717, 1.165) is 0 Å². The first-order valence-electron chi connectivity index (χ1n) is 7.60. The molecular formula is C19H20O4. The van der Waals surface area contributed by atoms with Crippen LogP contribution in [0.5, 0.6) is 5.75 Å². The van der Waals surface area contributed by atoms with Gasteiger partial charge in [-0.15, -0.1) is 0 Å². The molecule has 0 amide bonds. The molecule has 0 bridgehead atoms. The Bertz CT molecular complexity index is 687. The minimum absolute atomic E-state index is 0.287. The maximum atomic E-state index is 12.2. The molecule has 0 saturated carbocycles. The van der Waals surface area contributed by atoms with Gasteiger partial charge in [0.2, 0.25) is 0 Å². The number of hydrogen-bond acceptors (Lipinski definition) is 4. The van der Waals surface area contributed by atoms with Gasteiger partial charge in [-0.25, -0.2) is 9.59 Å². The van der Waals surface area contributed by atoms with Gasteiger partial charge in [0.15, 0.2) is 0 Å². The summed E-state index contributed by atoms with van der Waals surface area (Å²) in [4.78, 5) is 23.9. The van der Waals surface area contributed by atoms with E-state index in [1.54, 1.807) is 37.3 Å². The average Bonchev–Trinajstić information content (AvgIpc) is 2.55. The lowest BCUT2D eigenvalue weighted by atomic mass is 10.0. The maximum absolute atomic E-state index is 12.2. The fourth-order valence-corrected chi connectivity index (χ4v) is 2.07. The van der Waals surface area contributed by atoms with Gasteiger partial charge in [-0.2, -0.15) is 0 Å². The number of ether oxygens (including phenoxy) is 2. The molecule has 0 N–H and O–H groups in total. The normalized spacial score (nSPS) is 10.4. The fraction of sp³-hybridized carbons (Fsp3) is 0.263. The minimum Gasteiger partial charge on any atom is -0.462 e. The van der Waals surface area contributed by atoms with E-state index in [1.165, 1.54) is 11.6 Å². The highest BCUT2D eigenvalue weighted by atomic mass is 16.5. The maximum Gasteiger partial charge on any atom is 0.343 e. The van der Waals surface area contributed by atoms with Gasteiger partial charge in [0, 0.05) is 0 Å². The Morgan fingerprint density at radius 1 is 0.957 bits per heavy atom. The lowest BCUT2D eigenvalue weighted by Crippen LogP contribution is -2.11. The van der Waals surface area contributed by atoms with Gasteiger partial charge in [0.1, 0.15) is 5.75 Å². The lowest BCUT2D eigenvalue weighted by molar-refractivity contribution is 0.0526. The molecule has 0 atom stereocenters. The molecule has 2 rings (SSSR count). The Morgan fingerprint density at radius 3 is 2.13 bits per heavy atom. The van der Waals surface area contributed by atoms with Crippen LogP contribution in [0, 0.1) is 0 Å². The molecule has 2 aromatic carbocycles. The van der Waals surface area contributed by atoms with Crippen molar-refractivity contribution in [3.8, 4) is 5.75 Å². The largest absolute Gasteiger partial charge is 0.462 e. The van der Waals surface area contributed by atoms with Crippen molar-refractivity contribution in [2.75, 3.05) is 6.61 Å². The summed E-state index contributed by atoms with van der Waals surface area (Å²) < 4.78 is 10.3. The van der Waals surface area contributed by atoms with Crippen LogP contribution < -0.4 is 4.74 Å². The van der Waals surface area contributed by atoms with Crippen molar-refractivity contribution in [2.24, 2.45) is 0 Å². The van der Waals surface area contributed by atoms with Crippen LogP contribution in [0.1, 0.15) is 53.0 Å². The van der Waals surface area contributed by atoms with Gasteiger partial charge in [0.05, 0.1) is 17.7 Å². The molecule has 0 radical (unpaired) electrons. The van der Waals surface area contributed by atoms with E-state index in [2.05, 4.69) is 13.8 Å². The lowest BCUT2D eigenvalue weighted by Gasteiger charge is -2.08. The van der Waals surface area contributed by atoms with Crippen LogP contribution in [0.3, 0.4) is 0 Å². The number of esters is 2. The zero-order chi connectivity index (χ0) is 16.8. The second-order valence-corrected chi connectivity index (χ2v) is 5.41. The molecular weight excluding hydrogens is 292 g/mol. The first-order valence-corrected chi connectivity index (χ1v) is 7.60. The van der Waals surface area contributed by atoms with Crippen LogP contribution in [0.2, 0.25) is 0 Å². The molecule has 0 aliphatic carbocycles. The van der Waals surface area contributed by atoms with E-state index in [0.29, 0.717) is 22.8 Å². The van der Waals surface area contributed by atoms with E-state index in [9.17, 15) is 9.59 Å². The summed E-state index contributed by atoms with van der Waals surface area (Å²) in [6.07, 6.45) is 0. The Morgan fingerprint density at radius 2 is 1.57 bits per heavy atom. The van der Waals surface area contributed by atoms with Crippen molar-refractivity contribution in [2.45, 2.75) is 26.7 Å². The molecule has 0 heterocycles. The van der Waals surface area contributed by atoms with Crippen molar-refractivity contribution >= 4 is 11.9 Å². The molecule has 23 heavy (non-hydrogen) atoms. The van der Waals surface area contributed by atoms with E-state index in [1.807, 2.05) is 12.1 Å². The number of benzene rings is 2. The predicted molar refractivity (Wildman–Crippen MR) is 87.9 cm³/mol. The van der Waals surface area contributed by atoms with Crippen LogP contribution >= 0.6 is 0 Å². The number of carbonyl (C=O) groups is 2. The Balaban J connectivity index is 2.11. The minimum atomic E-state index is -0.506. The van der Waals surface area contributed by atoms with E-state index in [4.69, 9.17) is 9.47 Å². The van der Waals surface area contributed by atoms with Crippen LogP contribution in [-0.4, -0.2) is 18.5 Å². The molecule has 120 valence electrons. The SMILES string of the molecule is CCOC(=O)c1cccc(C(=O)Oc2ccc(C(C)C)cc2)c1. The smallest absolute Gasteiger partial charge is 0.343 e. The summed E-state index contributed by atoms with van der Waals surface area (Å²) in [7, 11) is 0. The molecule has 0 aliphatic rings. The zero-order valence-electron chi connectivity index (χ0n) is 13.5. The van der Waals surface area contributed by atoms with Crippen molar-refractivity contribution in [3.63, 3.8) is 0 Å². The van der Waals surface area contributed by atoms with E-state index in [-0.39, 0.29) is 6.61 Å². The Hall–Kier alpha value is -2.62. The summed E-state index contributed by atoms with van der Waals surface area (Å²) in [6.45, 7) is 6.22. The standard InChI is InChI=1S/C19H20O4/c1-4-22-18(20)15-6-5-7-16(12-15)19(21)23-17-10-8-14(9-11-17)13(2)3/h5-13H,4H2,1-3H3. The van der Waals surface area contributed by atoms with Crippen molar-refractivity contribution < 1.29 is 19.1 Å². The molecule has 0 unspecified atom stereocenters. The van der Waals surface area contributed by atoms with E-state index < -0.39 is 11.9 Å². The molecule has 2 aromatic rings. The van der Waals surface area contributed by atoms with Crippen molar-refractivity contribution in [1.29, 1.82) is 0 Å². The van der Waals surface area contributed by atoms with Gasteiger partial charge < -0.3 is 9.47 Å². The van der Waals surface area contributed by atoms with Crippen LogP contribution in [-0.2, 0) is 4.74 Å². The first-order chi connectivity index (χ1) is 11.0. The van der Waals surface area contributed by atoms with E-state index >= 15 is 0 Å². The summed E-state index contributed by atoms with van der Waals surface area (Å²) in [6, 6.07) is 13.7. The summed E-state index contributed by atoms with van der Waals surface area (Å²) >= 11 is 0. The van der Waals surface area contributed by atoms with Gasteiger partial charge in [-0.3, -0.25) is 0 Å². The molecule has 0 spiro atoms. The highest BCUT2D eigenvalue weighted by molar-refractivity contribution is 5.96. The average molecular weight is 312 g/mol. The summed E-state index contributed by atoms with van der Waals surface area (Å²) in [5.74, 6) is -0.0705. The molecule has 4 heteroatoms. The van der Waals surface area contributed by atoms with Crippen LogP contribution in [0.15, 0.2) is 48.5 Å². The number of carbonyl (C=O) groups excluding carboxylic acids is 2. The molecule has 0 aromatic heterocycles. The second-order valence-electron chi connectivity index (χ2n) is 5.41. The molecule has 0 aliphatic heterocycles. The monoisotopic (exact) mass is 312 g/mol.